The van der Waals surface area contributed by atoms with Crippen molar-refractivity contribution in [1.82, 2.24) is 4.90 Å². The number of carbonyl (C=O) groups is 2. The van der Waals surface area contributed by atoms with Gasteiger partial charge in [-0.1, -0.05) is 48.5 Å². The zero-order valence-electron chi connectivity index (χ0n) is 25.0. The first-order valence-electron chi connectivity index (χ1n) is 13.7. The lowest BCUT2D eigenvalue weighted by Gasteiger charge is -2.32. The van der Waals surface area contributed by atoms with Gasteiger partial charge in [-0.2, -0.15) is 0 Å². The lowest BCUT2D eigenvalue weighted by molar-refractivity contribution is -0.139. The van der Waals surface area contributed by atoms with E-state index in [-0.39, 0.29) is 24.4 Å². The van der Waals surface area contributed by atoms with Crippen LogP contribution in [0.3, 0.4) is 0 Å². The summed E-state index contributed by atoms with van der Waals surface area (Å²) in [6.07, 6.45) is 0.00102. The molecule has 1 unspecified atom stereocenters. The van der Waals surface area contributed by atoms with Gasteiger partial charge < -0.3 is 29.3 Å². The van der Waals surface area contributed by atoms with Crippen LogP contribution < -0.4 is 24.4 Å². The number of halogens is 1. The number of nitrogens with zero attached hydrogens (tertiary/aromatic N) is 2. The highest BCUT2D eigenvalue weighted by molar-refractivity contribution is 5.98. The molecule has 0 aliphatic heterocycles. The standard InChI is InChI=1S/C34H36FN3O5/c1-37(2)27-17-15-26(16-18-27)36-34(40)32(25-20-29(41-3)33(43-5)30(21-25)42-4)38(22-24-13-9-10-14-28(24)35)31(39)19-23-11-7-6-8-12-23/h6-18,20-21,32H,19,22H2,1-5H3,(H,36,40). The van der Waals surface area contributed by atoms with E-state index in [1.54, 1.807) is 42.5 Å². The predicted molar refractivity (Wildman–Crippen MR) is 165 cm³/mol. The topological polar surface area (TPSA) is 80.3 Å². The number of hydrogen-bond donors (Lipinski definition) is 1. The number of methoxy groups -OCH3 is 3. The van der Waals surface area contributed by atoms with Crippen molar-refractivity contribution in [1.29, 1.82) is 0 Å². The van der Waals surface area contributed by atoms with E-state index >= 15 is 0 Å². The molecule has 0 spiro atoms. The first kappa shape index (κ1) is 30.9. The Kier molecular flexibility index (Phi) is 10.2. The van der Waals surface area contributed by atoms with Crippen LogP contribution in [0.4, 0.5) is 15.8 Å². The molecular weight excluding hydrogens is 549 g/mol. The molecule has 0 fully saturated rings. The molecule has 4 aromatic rings. The van der Waals surface area contributed by atoms with Crippen molar-refractivity contribution < 1.29 is 28.2 Å². The van der Waals surface area contributed by atoms with Crippen LogP contribution in [0.25, 0.3) is 0 Å². The minimum absolute atomic E-state index is 0.00102. The average molecular weight is 586 g/mol. The summed E-state index contributed by atoms with van der Waals surface area (Å²) >= 11 is 0. The van der Waals surface area contributed by atoms with E-state index in [1.807, 2.05) is 61.5 Å². The van der Waals surface area contributed by atoms with E-state index in [0.29, 0.717) is 28.5 Å². The minimum atomic E-state index is -1.20. The van der Waals surface area contributed by atoms with E-state index < -0.39 is 17.8 Å². The highest BCUT2D eigenvalue weighted by Gasteiger charge is 2.34. The number of hydrogen-bond acceptors (Lipinski definition) is 6. The molecule has 4 rings (SSSR count). The highest BCUT2D eigenvalue weighted by atomic mass is 19.1. The molecule has 1 atom stereocenters. The largest absolute Gasteiger partial charge is 0.493 e. The maximum absolute atomic E-state index is 15.0. The zero-order valence-corrected chi connectivity index (χ0v) is 25.0. The summed E-state index contributed by atoms with van der Waals surface area (Å²) < 4.78 is 31.6. The normalized spacial score (nSPS) is 11.3. The SMILES string of the molecule is COc1cc(C(C(=O)Nc2ccc(N(C)C)cc2)N(Cc2ccccc2F)C(=O)Cc2ccccc2)cc(OC)c1OC. The van der Waals surface area contributed by atoms with Crippen molar-refractivity contribution >= 4 is 23.2 Å². The van der Waals surface area contributed by atoms with Crippen LogP contribution in [-0.2, 0) is 22.6 Å². The van der Waals surface area contributed by atoms with E-state index in [1.165, 1.54) is 32.3 Å². The Bertz CT molecular complexity index is 1520. The van der Waals surface area contributed by atoms with Gasteiger partial charge in [0.05, 0.1) is 27.8 Å². The van der Waals surface area contributed by atoms with E-state index in [0.717, 1.165) is 11.3 Å². The molecule has 0 aliphatic rings. The number of nitrogens with one attached hydrogen (secondary N) is 1. The Hall–Kier alpha value is -5.05. The number of carbonyl (C=O) groups excluding carboxylic acids is 2. The summed E-state index contributed by atoms with van der Waals surface area (Å²) in [5, 5.41) is 2.95. The van der Waals surface area contributed by atoms with Gasteiger partial charge in [-0.3, -0.25) is 9.59 Å². The van der Waals surface area contributed by atoms with Gasteiger partial charge >= 0.3 is 0 Å². The third-order valence-electron chi connectivity index (χ3n) is 7.03. The monoisotopic (exact) mass is 585 g/mol. The third kappa shape index (κ3) is 7.43. The molecule has 43 heavy (non-hydrogen) atoms. The van der Waals surface area contributed by atoms with Crippen LogP contribution >= 0.6 is 0 Å². The Labute approximate surface area is 251 Å². The molecule has 0 aliphatic carbocycles. The second kappa shape index (κ2) is 14.2. The molecule has 0 radical (unpaired) electrons. The van der Waals surface area contributed by atoms with Crippen molar-refractivity contribution in [2.45, 2.75) is 19.0 Å². The summed E-state index contributed by atoms with van der Waals surface area (Å²) in [5.74, 6) is -0.389. The van der Waals surface area contributed by atoms with Crippen molar-refractivity contribution in [2.24, 2.45) is 0 Å². The van der Waals surface area contributed by atoms with Crippen LogP contribution in [0.5, 0.6) is 17.2 Å². The lowest BCUT2D eigenvalue weighted by Crippen LogP contribution is -2.42. The van der Waals surface area contributed by atoms with Crippen molar-refractivity contribution in [2.75, 3.05) is 45.6 Å². The van der Waals surface area contributed by atoms with Gasteiger partial charge in [0.2, 0.25) is 11.7 Å². The molecule has 9 heteroatoms. The van der Waals surface area contributed by atoms with Gasteiger partial charge in [0.25, 0.3) is 5.91 Å². The van der Waals surface area contributed by atoms with Crippen LogP contribution in [-0.4, -0.2) is 52.1 Å². The van der Waals surface area contributed by atoms with Crippen molar-refractivity contribution in [3.05, 3.63) is 114 Å². The van der Waals surface area contributed by atoms with Gasteiger partial charge in [-0.15, -0.1) is 0 Å². The second-order valence-electron chi connectivity index (χ2n) is 10.1. The average Bonchev–Trinajstić information content (AvgIpc) is 3.01. The minimum Gasteiger partial charge on any atom is -0.493 e. The van der Waals surface area contributed by atoms with Gasteiger partial charge in [0.1, 0.15) is 11.9 Å². The van der Waals surface area contributed by atoms with Gasteiger partial charge in [0.15, 0.2) is 11.5 Å². The fraction of sp³-hybridized carbons (Fsp3) is 0.235. The first-order chi connectivity index (χ1) is 20.7. The van der Waals surface area contributed by atoms with E-state index in [4.69, 9.17) is 14.2 Å². The molecule has 2 amide bonds. The van der Waals surface area contributed by atoms with Gasteiger partial charge in [-0.05, 0) is 53.6 Å². The summed E-state index contributed by atoms with van der Waals surface area (Å²) in [6.45, 7) is -0.160. The fourth-order valence-electron chi connectivity index (χ4n) is 4.79. The number of rotatable bonds is 12. The van der Waals surface area contributed by atoms with Crippen molar-refractivity contribution in [3.8, 4) is 17.2 Å². The number of anilines is 2. The maximum Gasteiger partial charge on any atom is 0.251 e. The van der Waals surface area contributed by atoms with Crippen LogP contribution in [0.1, 0.15) is 22.7 Å². The molecular formula is C34H36FN3O5. The molecule has 0 heterocycles. The molecule has 224 valence electrons. The molecule has 0 bridgehead atoms. The fourth-order valence-corrected chi connectivity index (χ4v) is 4.79. The Morgan fingerprint density at radius 3 is 1.98 bits per heavy atom. The third-order valence-corrected chi connectivity index (χ3v) is 7.03. The Morgan fingerprint density at radius 1 is 0.814 bits per heavy atom. The first-order valence-corrected chi connectivity index (χ1v) is 13.7. The molecule has 0 saturated carbocycles. The van der Waals surface area contributed by atoms with E-state index in [9.17, 15) is 14.0 Å². The van der Waals surface area contributed by atoms with Gasteiger partial charge in [-0.25, -0.2) is 4.39 Å². The smallest absolute Gasteiger partial charge is 0.251 e. The zero-order chi connectivity index (χ0) is 30.9. The van der Waals surface area contributed by atoms with E-state index in [2.05, 4.69) is 5.32 Å². The van der Waals surface area contributed by atoms with Crippen LogP contribution in [0.15, 0.2) is 91.0 Å². The van der Waals surface area contributed by atoms with Gasteiger partial charge in [0, 0.05) is 37.6 Å². The molecule has 0 saturated heterocycles. The molecule has 0 aromatic heterocycles. The molecule has 4 aromatic carbocycles. The maximum atomic E-state index is 15.0. The second-order valence-corrected chi connectivity index (χ2v) is 10.1. The molecule has 1 N–H and O–H groups in total. The number of amides is 2. The summed E-state index contributed by atoms with van der Waals surface area (Å²) in [7, 11) is 8.27. The van der Waals surface area contributed by atoms with Crippen LogP contribution in [0, 0.1) is 5.82 Å². The summed E-state index contributed by atoms with van der Waals surface area (Å²) in [6, 6.07) is 24.8. The summed E-state index contributed by atoms with van der Waals surface area (Å²) in [5.41, 5.74) is 2.92. The number of ether oxygens (including phenoxy) is 3. The van der Waals surface area contributed by atoms with Crippen LogP contribution in [0.2, 0.25) is 0 Å². The molecule has 8 nitrogen and oxygen atoms in total. The quantitative estimate of drug-likeness (QED) is 0.224. The van der Waals surface area contributed by atoms with Crippen molar-refractivity contribution in [3.63, 3.8) is 0 Å². The summed E-state index contributed by atoms with van der Waals surface area (Å²) in [4.78, 5) is 31.7. The highest BCUT2D eigenvalue weighted by Crippen LogP contribution is 2.41. The number of benzene rings is 4. The Morgan fingerprint density at radius 2 is 1.42 bits per heavy atom. The Balaban J connectivity index is 1.85. The lowest BCUT2D eigenvalue weighted by atomic mass is 10.00. The predicted octanol–water partition coefficient (Wildman–Crippen LogP) is 5.87.